The van der Waals surface area contributed by atoms with Crippen LogP contribution < -0.4 is 0 Å². The van der Waals surface area contributed by atoms with E-state index < -0.39 is 0 Å². The molecule has 0 aliphatic rings. The van der Waals surface area contributed by atoms with E-state index in [9.17, 15) is 0 Å². The maximum absolute atomic E-state index is 8.03. The molecule has 0 atom stereocenters. The normalized spacial score (nSPS) is 11.4. The smallest absolute Gasteiger partial charge is 0.101 e. The summed E-state index contributed by atoms with van der Waals surface area (Å²) in [5.74, 6) is 0. The van der Waals surface area contributed by atoms with Gasteiger partial charge < -0.3 is 10.4 Å². The fraction of sp³-hybridized carbons (Fsp3) is 0.500. The first-order valence-electron chi connectivity index (χ1n) is 2.10. The molecule has 0 aromatic heterocycles. The molecule has 0 aromatic carbocycles. The maximum Gasteiger partial charge on any atom is 0.101 e. The summed E-state index contributed by atoms with van der Waals surface area (Å²) in [6.07, 6.45) is 0. The Hall–Kier alpha value is -0.0730. The molecule has 0 aliphatic carbocycles. The standard InChI is InChI=1S/C4H8N2O2.2Ni/c1-3(5-7)4(2)6-8;;/h7-8H,1-2H3;;. The Balaban J connectivity index is -0.000000245. The van der Waals surface area contributed by atoms with E-state index in [1.54, 1.807) is 0 Å². The third-order valence-corrected chi connectivity index (χ3v) is 0.824. The molecule has 0 aliphatic heterocycles. The maximum atomic E-state index is 8.03. The van der Waals surface area contributed by atoms with Crippen molar-refractivity contribution in [2.24, 2.45) is 10.3 Å². The Morgan fingerprint density at radius 2 is 1.10 bits per heavy atom. The fourth-order valence-corrected chi connectivity index (χ4v) is 0.145. The summed E-state index contributed by atoms with van der Waals surface area (Å²) < 4.78 is 0. The SMILES string of the molecule is CC(=NO)C(C)=NO.[Ni].[Ni]. The van der Waals surface area contributed by atoms with Gasteiger partial charge in [0, 0.05) is 33.0 Å². The molecule has 4 nitrogen and oxygen atoms in total. The van der Waals surface area contributed by atoms with Gasteiger partial charge in [-0.25, -0.2) is 0 Å². The van der Waals surface area contributed by atoms with Gasteiger partial charge in [-0.1, -0.05) is 10.3 Å². The molecule has 0 aromatic rings. The van der Waals surface area contributed by atoms with E-state index in [1.807, 2.05) is 0 Å². The summed E-state index contributed by atoms with van der Waals surface area (Å²) in [6, 6.07) is 0. The number of oxime groups is 2. The average molecular weight is 234 g/mol. The van der Waals surface area contributed by atoms with Crippen LogP contribution in [0.3, 0.4) is 0 Å². The van der Waals surface area contributed by atoms with Crippen LogP contribution in [-0.4, -0.2) is 21.8 Å². The van der Waals surface area contributed by atoms with Gasteiger partial charge >= 0.3 is 0 Å². The summed E-state index contributed by atoms with van der Waals surface area (Å²) in [5, 5.41) is 21.6. The second-order valence-corrected chi connectivity index (χ2v) is 1.37. The minimum absolute atomic E-state index is 0. The molecule has 0 amide bonds. The molecule has 0 heterocycles. The first kappa shape index (κ1) is 16.5. The molecule has 0 saturated heterocycles. The van der Waals surface area contributed by atoms with Crippen LogP contribution in [0.4, 0.5) is 0 Å². The van der Waals surface area contributed by atoms with Gasteiger partial charge in [0.2, 0.25) is 0 Å². The van der Waals surface area contributed by atoms with E-state index in [-0.39, 0.29) is 33.0 Å². The number of hydrogen-bond donors (Lipinski definition) is 2. The number of hydrogen-bond acceptors (Lipinski definition) is 4. The molecule has 66 valence electrons. The minimum Gasteiger partial charge on any atom is -0.411 e. The molecule has 6 heteroatoms. The summed E-state index contributed by atoms with van der Waals surface area (Å²) in [6.45, 7) is 3.07. The van der Waals surface area contributed by atoms with Crippen molar-refractivity contribution in [2.45, 2.75) is 13.8 Å². The van der Waals surface area contributed by atoms with E-state index in [0.717, 1.165) is 0 Å². The second kappa shape index (κ2) is 8.93. The van der Waals surface area contributed by atoms with Crippen molar-refractivity contribution in [3.05, 3.63) is 0 Å². The van der Waals surface area contributed by atoms with E-state index in [4.69, 9.17) is 10.4 Å². The van der Waals surface area contributed by atoms with Crippen LogP contribution >= 0.6 is 0 Å². The van der Waals surface area contributed by atoms with Crippen molar-refractivity contribution in [1.82, 2.24) is 0 Å². The topological polar surface area (TPSA) is 65.2 Å². The van der Waals surface area contributed by atoms with Crippen LogP contribution in [0.15, 0.2) is 10.3 Å². The van der Waals surface area contributed by atoms with Gasteiger partial charge in [0.25, 0.3) is 0 Å². The van der Waals surface area contributed by atoms with E-state index in [0.29, 0.717) is 11.4 Å². The van der Waals surface area contributed by atoms with Gasteiger partial charge in [-0.2, -0.15) is 0 Å². The average Bonchev–Trinajstić information content (AvgIpc) is 1.84. The monoisotopic (exact) mass is 232 g/mol. The molecular formula is C4H8N2Ni2O2. The largest absolute Gasteiger partial charge is 0.411 e. The quantitative estimate of drug-likeness (QED) is 0.303. The van der Waals surface area contributed by atoms with Crippen molar-refractivity contribution in [3.8, 4) is 0 Å². The summed E-state index contributed by atoms with van der Waals surface area (Å²) >= 11 is 0. The summed E-state index contributed by atoms with van der Waals surface area (Å²) in [4.78, 5) is 0. The Bertz CT molecular complexity index is 119. The Labute approximate surface area is 79.2 Å². The van der Waals surface area contributed by atoms with Crippen LogP contribution in [0.25, 0.3) is 0 Å². The first-order valence-corrected chi connectivity index (χ1v) is 2.10. The number of nitrogens with zero attached hydrogens (tertiary/aromatic N) is 2. The molecule has 0 unspecified atom stereocenters. The van der Waals surface area contributed by atoms with E-state index >= 15 is 0 Å². The third-order valence-electron chi connectivity index (χ3n) is 0.824. The van der Waals surface area contributed by atoms with E-state index in [1.165, 1.54) is 13.8 Å². The molecule has 0 fully saturated rings. The minimum atomic E-state index is 0. The molecule has 10 heavy (non-hydrogen) atoms. The fourth-order valence-electron chi connectivity index (χ4n) is 0.145. The second-order valence-electron chi connectivity index (χ2n) is 1.37. The predicted octanol–water partition coefficient (Wildman–Crippen LogP) is 0.682. The van der Waals surface area contributed by atoms with Crippen molar-refractivity contribution >= 4 is 11.4 Å². The Morgan fingerprint density at radius 1 is 0.900 bits per heavy atom. The first-order chi connectivity index (χ1) is 3.72. The number of rotatable bonds is 1. The molecule has 0 spiro atoms. The summed E-state index contributed by atoms with van der Waals surface area (Å²) in [5.41, 5.74) is 0.625. The van der Waals surface area contributed by atoms with Gasteiger partial charge in [-0.05, 0) is 13.8 Å². The zero-order valence-corrected chi connectivity index (χ0v) is 7.40. The molecule has 0 bridgehead atoms. The van der Waals surface area contributed by atoms with Crippen LogP contribution in [-0.2, 0) is 33.0 Å². The Kier molecular flexibility index (Phi) is 14.7. The van der Waals surface area contributed by atoms with Gasteiger partial charge in [-0.15, -0.1) is 0 Å². The van der Waals surface area contributed by atoms with Crippen molar-refractivity contribution in [3.63, 3.8) is 0 Å². The molecule has 0 saturated carbocycles. The van der Waals surface area contributed by atoms with Gasteiger partial charge in [-0.3, -0.25) is 0 Å². The third kappa shape index (κ3) is 6.05. The van der Waals surface area contributed by atoms with Crippen molar-refractivity contribution < 1.29 is 43.4 Å². The van der Waals surface area contributed by atoms with Crippen LogP contribution in [0.5, 0.6) is 0 Å². The molecule has 2 N–H and O–H groups in total. The molecule has 0 radical (unpaired) electrons. The van der Waals surface area contributed by atoms with Crippen molar-refractivity contribution in [1.29, 1.82) is 0 Å². The zero-order valence-electron chi connectivity index (χ0n) is 5.42. The van der Waals surface area contributed by atoms with Gasteiger partial charge in [0.1, 0.15) is 11.4 Å². The van der Waals surface area contributed by atoms with Crippen molar-refractivity contribution in [2.75, 3.05) is 0 Å². The molecular weight excluding hydrogens is 225 g/mol. The van der Waals surface area contributed by atoms with Gasteiger partial charge in [0.05, 0.1) is 0 Å². The molecule has 0 rings (SSSR count). The zero-order chi connectivity index (χ0) is 6.57. The predicted molar refractivity (Wildman–Crippen MR) is 29.8 cm³/mol. The van der Waals surface area contributed by atoms with Crippen LogP contribution in [0, 0.1) is 0 Å². The van der Waals surface area contributed by atoms with Gasteiger partial charge in [0.15, 0.2) is 0 Å². The van der Waals surface area contributed by atoms with Crippen LogP contribution in [0.1, 0.15) is 13.8 Å². The summed E-state index contributed by atoms with van der Waals surface area (Å²) in [7, 11) is 0. The Morgan fingerprint density at radius 3 is 1.20 bits per heavy atom. The van der Waals surface area contributed by atoms with Crippen LogP contribution in [0.2, 0.25) is 0 Å². The van der Waals surface area contributed by atoms with E-state index in [2.05, 4.69) is 10.3 Å².